The first-order valence-corrected chi connectivity index (χ1v) is 7.58. The molecule has 0 aromatic heterocycles. The molecule has 0 heterocycles. The normalized spacial score (nSPS) is 10.9. The van der Waals surface area contributed by atoms with Crippen LogP contribution in [-0.2, 0) is 9.59 Å². The van der Waals surface area contributed by atoms with Crippen LogP contribution in [0.1, 0.15) is 77.0 Å². The van der Waals surface area contributed by atoms with Crippen molar-refractivity contribution in [1.82, 2.24) is 0 Å². The zero-order valence-electron chi connectivity index (χ0n) is 12.0. The summed E-state index contributed by atoms with van der Waals surface area (Å²) in [4.78, 5) is 20.4. The maximum atomic E-state index is 10.3. The van der Waals surface area contributed by atoms with Crippen LogP contribution in [0.2, 0.25) is 0 Å². The lowest BCUT2D eigenvalue weighted by atomic mass is 10.1. The molecular formula is C16H28O3. The van der Waals surface area contributed by atoms with Gasteiger partial charge in [0.05, 0.1) is 0 Å². The smallest absolute Gasteiger partial charge is 0.303 e. The van der Waals surface area contributed by atoms with E-state index >= 15 is 0 Å². The van der Waals surface area contributed by atoms with Crippen LogP contribution in [0, 0.1) is 0 Å². The van der Waals surface area contributed by atoms with Gasteiger partial charge in [0.1, 0.15) is 6.29 Å². The Morgan fingerprint density at radius 1 is 0.737 bits per heavy atom. The molecule has 0 radical (unpaired) electrons. The van der Waals surface area contributed by atoms with E-state index in [0.29, 0.717) is 12.8 Å². The zero-order chi connectivity index (χ0) is 14.2. The molecule has 0 aliphatic heterocycles. The van der Waals surface area contributed by atoms with Crippen molar-refractivity contribution in [2.24, 2.45) is 0 Å². The molecule has 0 saturated carbocycles. The number of unbranched alkanes of at least 4 members (excludes halogenated alkanes) is 9. The number of carboxylic acids is 1. The van der Waals surface area contributed by atoms with Crippen LogP contribution in [0.25, 0.3) is 0 Å². The highest BCUT2D eigenvalue weighted by Crippen LogP contribution is 2.08. The molecule has 0 aliphatic rings. The second-order valence-corrected chi connectivity index (χ2v) is 4.98. The minimum atomic E-state index is -0.691. The van der Waals surface area contributed by atoms with Crippen LogP contribution in [0.4, 0.5) is 0 Å². The van der Waals surface area contributed by atoms with Gasteiger partial charge in [-0.3, -0.25) is 4.79 Å². The summed E-state index contributed by atoms with van der Waals surface area (Å²) in [7, 11) is 0. The number of carboxylic acid groups (broad SMARTS) is 1. The molecule has 0 aliphatic carbocycles. The fourth-order valence-corrected chi connectivity index (χ4v) is 1.97. The van der Waals surface area contributed by atoms with Crippen molar-refractivity contribution in [3.63, 3.8) is 0 Å². The quantitative estimate of drug-likeness (QED) is 0.286. The van der Waals surface area contributed by atoms with Crippen molar-refractivity contribution in [3.8, 4) is 0 Å². The third-order valence-electron chi connectivity index (χ3n) is 3.12. The Labute approximate surface area is 117 Å². The summed E-state index contributed by atoms with van der Waals surface area (Å²) < 4.78 is 0. The van der Waals surface area contributed by atoms with Crippen molar-refractivity contribution in [1.29, 1.82) is 0 Å². The highest BCUT2D eigenvalue weighted by molar-refractivity contribution is 5.66. The lowest BCUT2D eigenvalue weighted by Gasteiger charge is -1.98. The molecule has 0 unspecified atom stereocenters. The first-order chi connectivity index (χ1) is 9.27. The average molecular weight is 268 g/mol. The number of allylic oxidation sites excluding steroid dienone is 2. The first-order valence-electron chi connectivity index (χ1n) is 7.58. The second kappa shape index (κ2) is 14.9. The number of rotatable bonds is 14. The maximum absolute atomic E-state index is 10.3. The number of carbonyl (C=O) groups excluding carboxylic acids is 1. The van der Waals surface area contributed by atoms with Gasteiger partial charge in [0.25, 0.3) is 0 Å². The zero-order valence-corrected chi connectivity index (χ0v) is 12.0. The summed E-state index contributed by atoms with van der Waals surface area (Å²) in [5, 5.41) is 8.47. The minimum absolute atomic E-state index is 0.299. The molecule has 0 saturated heterocycles. The third kappa shape index (κ3) is 16.9. The summed E-state index contributed by atoms with van der Waals surface area (Å²) >= 11 is 0. The third-order valence-corrected chi connectivity index (χ3v) is 3.12. The van der Waals surface area contributed by atoms with Crippen LogP contribution in [0.15, 0.2) is 12.2 Å². The monoisotopic (exact) mass is 268 g/mol. The van der Waals surface area contributed by atoms with E-state index in [-0.39, 0.29) is 0 Å². The molecule has 0 spiro atoms. The molecule has 110 valence electrons. The van der Waals surface area contributed by atoms with Gasteiger partial charge in [0.2, 0.25) is 0 Å². The van der Waals surface area contributed by atoms with Gasteiger partial charge in [0.15, 0.2) is 0 Å². The molecule has 0 amide bonds. The van der Waals surface area contributed by atoms with Gasteiger partial charge in [-0.2, -0.15) is 0 Å². The van der Waals surface area contributed by atoms with Gasteiger partial charge in [-0.1, -0.05) is 37.8 Å². The standard InChI is InChI=1S/C16H28O3/c17-15-13-11-9-7-5-3-1-2-4-6-8-10-12-14-16(18)19/h2,4,15H,1,3,5-14H2,(H,18,19). The van der Waals surface area contributed by atoms with Gasteiger partial charge in [-0.15, -0.1) is 0 Å². The molecule has 3 nitrogen and oxygen atoms in total. The second-order valence-electron chi connectivity index (χ2n) is 4.98. The van der Waals surface area contributed by atoms with E-state index in [1.807, 2.05) is 0 Å². The van der Waals surface area contributed by atoms with Crippen LogP contribution < -0.4 is 0 Å². The summed E-state index contributed by atoms with van der Waals surface area (Å²) in [6.45, 7) is 0. The topological polar surface area (TPSA) is 54.4 Å². The number of hydrogen-bond donors (Lipinski definition) is 1. The SMILES string of the molecule is O=CCCCCCCCC=CCCCCCC(=O)O. The molecule has 1 N–H and O–H groups in total. The van der Waals surface area contributed by atoms with E-state index in [4.69, 9.17) is 5.11 Å². The number of aldehydes is 1. The molecule has 0 rings (SSSR count). The number of carbonyl (C=O) groups is 2. The van der Waals surface area contributed by atoms with E-state index in [9.17, 15) is 9.59 Å². The molecule has 0 aromatic carbocycles. The van der Waals surface area contributed by atoms with E-state index < -0.39 is 5.97 Å². The van der Waals surface area contributed by atoms with Crippen LogP contribution in [0.5, 0.6) is 0 Å². The van der Waals surface area contributed by atoms with Crippen molar-refractivity contribution in [3.05, 3.63) is 12.2 Å². The lowest BCUT2D eigenvalue weighted by Crippen LogP contribution is -1.93. The van der Waals surface area contributed by atoms with Crippen LogP contribution in [0.3, 0.4) is 0 Å². The van der Waals surface area contributed by atoms with E-state index in [0.717, 1.165) is 44.8 Å². The molecule has 0 aromatic rings. The summed E-state index contributed by atoms with van der Waals surface area (Å²) in [6.07, 6.45) is 17.5. The molecule has 0 fully saturated rings. The Bertz CT molecular complexity index is 246. The van der Waals surface area contributed by atoms with Crippen LogP contribution >= 0.6 is 0 Å². The van der Waals surface area contributed by atoms with Gasteiger partial charge in [-0.05, 0) is 38.5 Å². The highest BCUT2D eigenvalue weighted by atomic mass is 16.4. The Hall–Kier alpha value is -1.12. The van der Waals surface area contributed by atoms with Gasteiger partial charge >= 0.3 is 5.97 Å². The van der Waals surface area contributed by atoms with E-state index in [2.05, 4.69) is 12.2 Å². The van der Waals surface area contributed by atoms with Crippen LogP contribution in [-0.4, -0.2) is 17.4 Å². The fraction of sp³-hybridized carbons (Fsp3) is 0.750. The molecule has 0 bridgehead atoms. The van der Waals surface area contributed by atoms with Gasteiger partial charge in [-0.25, -0.2) is 0 Å². The average Bonchev–Trinajstić information content (AvgIpc) is 2.39. The number of aliphatic carboxylic acids is 1. The van der Waals surface area contributed by atoms with Gasteiger partial charge in [0, 0.05) is 12.8 Å². The molecule has 3 heteroatoms. The molecule has 19 heavy (non-hydrogen) atoms. The predicted octanol–water partition coefficient (Wildman–Crippen LogP) is 4.51. The number of hydrogen-bond acceptors (Lipinski definition) is 2. The Kier molecular flexibility index (Phi) is 14.1. The van der Waals surface area contributed by atoms with Crippen molar-refractivity contribution in [2.75, 3.05) is 0 Å². The first kappa shape index (κ1) is 17.9. The van der Waals surface area contributed by atoms with Crippen molar-refractivity contribution in [2.45, 2.75) is 77.0 Å². The lowest BCUT2D eigenvalue weighted by molar-refractivity contribution is -0.137. The Morgan fingerprint density at radius 2 is 1.21 bits per heavy atom. The van der Waals surface area contributed by atoms with Crippen molar-refractivity contribution < 1.29 is 14.7 Å². The molecular weight excluding hydrogens is 240 g/mol. The summed E-state index contributed by atoms with van der Waals surface area (Å²) in [5.74, 6) is -0.691. The summed E-state index contributed by atoms with van der Waals surface area (Å²) in [6, 6.07) is 0. The Morgan fingerprint density at radius 3 is 1.74 bits per heavy atom. The predicted molar refractivity (Wildman–Crippen MR) is 78.2 cm³/mol. The van der Waals surface area contributed by atoms with Gasteiger partial charge < -0.3 is 9.90 Å². The van der Waals surface area contributed by atoms with Crippen molar-refractivity contribution >= 4 is 12.3 Å². The highest BCUT2D eigenvalue weighted by Gasteiger charge is 1.95. The largest absolute Gasteiger partial charge is 0.481 e. The fourth-order valence-electron chi connectivity index (χ4n) is 1.97. The van der Waals surface area contributed by atoms with E-state index in [1.54, 1.807) is 0 Å². The minimum Gasteiger partial charge on any atom is -0.481 e. The summed E-state index contributed by atoms with van der Waals surface area (Å²) in [5.41, 5.74) is 0. The Balaban J connectivity index is 3.09. The van der Waals surface area contributed by atoms with E-state index in [1.165, 1.54) is 25.7 Å². The maximum Gasteiger partial charge on any atom is 0.303 e. The molecule has 0 atom stereocenters.